The predicted octanol–water partition coefficient (Wildman–Crippen LogP) is 5.01. The Morgan fingerprint density at radius 3 is 2.74 bits per heavy atom. The number of thioether (sulfide) groups is 1. The van der Waals surface area contributed by atoms with Crippen molar-refractivity contribution in [1.29, 1.82) is 0 Å². The Labute approximate surface area is 188 Å². The van der Waals surface area contributed by atoms with Crippen molar-refractivity contribution in [3.05, 3.63) is 93.6 Å². The molecule has 0 radical (unpaired) electrons. The van der Waals surface area contributed by atoms with Crippen molar-refractivity contribution < 1.29 is 4.79 Å². The molecule has 31 heavy (non-hydrogen) atoms. The van der Waals surface area contributed by atoms with Crippen LogP contribution in [0.3, 0.4) is 0 Å². The smallest absolute Gasteiger partial charge is 0.263 e. The molecule has 0 aliphatic rings. The van der Waals surface area contributed by atoms with Gasteiger partial charge >= 0.3 is 0 Å². The van der Waals surface area contributed by atoms with Gasteiger partial charge in [-0.15, -0.1) is 17.9 Å². The van der Waals surface area contributed by atoms with Gasteiger partial charge in [0.25, 0.3) is 5.56 Å². The number of hydrogen-bond acceptors (Lipinski definition) is 5. The van der Waals surface area contributed by atoms with E-state index in [4.69, 9.17) is 10.7 Å². The van der Waals surface area contributed by atoms with Crippen molar-refractivity contribution in [1.82, 2.24) is 9.55 Å². The van der Waals surface area contributed by atoms with E-state index in [0.717, 1.165) is 16.7 Å². The summed E-state index contributed by atoms with van der Waals surface area (Å²) in [7, 11) is 0. The molecule has 0 atom stereocenters. The van der Waals surface area contributed by atoms with Crippen molar-refractivity contribution in [2.24, 2.45) is 5.73 Å². The predicted molar refractivity (Wildman–Crippen MR) is 129 cm³/mol. The second-order valence-electron chi connectivity index (χ2n) is 7.15. The molecular formula is C24H21N3O2S2. The SMILES string of the molecule is C=CCn1c(SCc2cccc(C(N)=O)c2)nc2scc(-c3ccc(C)cc3)c2c1=O. The third kappa shape index (κ3) is 4.33. The fourth-order valence-electron chi connectivity index (χ4n) is 3.31. The average Bonchev–Trinajstić information content (AvgIpc) is 3.19. The summed E-state index contributed by atoms with van der Waals surface area (Å²) in [5.41, 5.74) is 9.79. The maximum atomic E-state index is 13.4. The highest BCUT2D eigenvalue weighted by Crippen LogP contribution is 2.33. The average molecular weight is 448 g/mol. The molecule has 0 aliphatic heterocycles. The molecule has 7 heteroatoms. The zero-order valence-electron chi connectivity index (χ0n) is 17.0. The molecule has 4 rings (SSSR count). The molecule has 0 aliphatic carbocycles. The van der Waals surface area contributed by atoms with Gasteiger partial charge in [0, 0.05) is 28.8 Å². The second-order valence-corrected chi connectivity index (χ2v) is 8.95. The topological polar surface area (TPSA) is 78.0 Å². The van der Waals surface area contributed by atoms with Crippen LogP contribution in [0.2, 0.25) is 0 Å². The van der Waals surface area contributed by atoms with Crippen molar-refractivity contribution >= 4 is 39.2 Å². The molecule has 0 bridgehead atoms. The monoisotopic (exact) mass is 447 g/mol. The van der Waals surface area contributed by atoms with Gasteiger partial charge in [0.1, 0.15) is 4.83 Å². The Kier molecular flexibility index (Phi) is 6.06. The lowest BCUT2D eigenvalue weighted by atomic mass is 10.1. The first-order valence-electron chi connectivity index (χ1n) is 9.69. The lowest BCUT2D eigenvalue weighted by Gasteiger charge is -2.11. The van der Waals surface area contributed by atoms with Crippen molar-refractivity contribution in [3.63, 3.8) is 0 Å². The van der Waals surface area contributed by atoms with Gasteiger partial charge in [-0.1, -0.05) is 59.8 Å². The zero-order valence-corrected chi connectivity index (χ0v) is 18.6. The molecular weight excluding hydrogens is 426 g/mol. The number of nitrogens with two attached hydrogens (primary N) is 1. The highest BCUT2D eigenvalue weighted by molar-refractivity contribution is 7.98. The van der Waals surface area contributed by atoms with E-state index < -0.39 is 5.91 Å². The number of fused-ring (bicyclic) bond motifs is 1. The van der Waals surface area contributed by atoms with Gasteiger partial charge in [-0.05, 0) is 30.2 Å². The molecule has 5 nitrogen and oxygen atoms in total. The number of aryl methyl sites for hydroxylation is 1. The highest BCUT2D eigenvalue weighted by atomic mass is 32.2. The van der Waals surface area contributed by atoms with Crippen LogP contribution in [0, 0.1) is 6.92 Å². The second kappa shape index (κ2) is 8.91. The molecule has 156 valence electrons. The first kappa shape index (κ1) is 21.1. The Morgan fingerprint density at radius 2 is 2.03 bits per heavy atom. The van der Waals surface area contributed by atoms with Crippen LogP contribution in [-0.2, 0) is 12.3 Å². The van der Waals surface area contributed by atoms with E-state index in [9.17, 15) is 9.59 Å². The number of nitrogens with zero attached hydrogens (tertiary/aromatic N) is 2. The van der Waals surface area contributed by atoms with E-state index in [1.165, 1.54) is 28.7 Å². The van der Waals surface area contributed by atoms with Crippen molar-refractivity contribution in [3.8, 4) is 11.1 Å². The molecule has 0 fully saturated rings. The molecule has 0 spiro atoms. The lowest BCUT2D eigenvalue weighted by molar-refractivity contribution is 0.1000. The third-order valence-electron chi connectivity index (χ3n) is 4.91. The minimum atomic E-state index is -0.461. The molecule has 0 saturated heterocycles. The lowest BCUT2D eigenvalue weighted by Crippen LogP contribution is -2.22. The van der Waals surface area contributed by atoms with E-state index in [2.05, 4.69) is 6.58 Å². The number of benzene rings is 2. The van der Waals surface area contributed by atoms with Crippen LogP contribution in [0.25, 0.3) is 21.3 Å². The number of aromatic nitrogens is 2. The molecule has 4 aromatic rings. The largest absolute Gasteiger partial charge is 0.366 e. The van der Waals surface area contributed by atoms with Gasteiger partial charge in [-0.3, -0.25) is 14.2 Å². The summed E-state index contributed by atoms with van der Waals surface area (Å²) in [6.45, 7) is 6.21. The summed E-state index contributed by atoms with van der Waals surface area (Å²) in [5.74, 6) is 0.101. The van der Waals surface area contributed by atoms with E-state index in [1.54, 1.807) is 28.8 Å². The number of thiophene rings is 1. The Bertz CT molecular complexity index is 1340. The van der Waals surface area contributed by atoms with Crippen LogP contribution in [-0.4, -0.2) is 15.5 Å². The van der Waals surface area contributed by atoms with Gasteiger partial charge in [0.15, 0.2) is 5.16 Å². The van der Waals surface area contributed by atoms with Gasteiger partial charge in [-0.25, -0.2) is 4.98 Å². The number of amides is 1. The van der Waals surface area contributed by atoms with Crippen LogP contribution in [0.15, 0.2) is 76.5 Å². The quantitative estimate of drug-likeness (QED) is 0.245. The van der Waals surface area contributed by atoms with E-state index >= 15 is 0 Å². The Balaban J connectivity index is 1.74. The van der Waals surface area contributed by atoms with Crippen molar-refractivity contribution in [2.45, 2.75) is 24.4 Å². The standard InChI is InChI=1S/C24H21N3O2S2/c1-3-11-27-23(29)20-19(17-9-7-15(2)8-10-17)14-30-22(20)26-24(27)31-13-16-5-4-6-18(12-16)21(25)28/h3-10,12,14H,1,11,13H2,2H3,(H2,25,28). The van der Waals surface area contributed by atoms with Crippen LogP contribution < -0.4 is 11.3 Å². The van der Waals surface area contributed by atoms with E-state index in [-0.39, 0.29) is 5.56 Å². The fraction of sp³-hybridized carbons (Fsp3) is 0.125. The maximum absolute atomic E-state index is 13.4. The fourth-order valence-corrected chi connectivity index (χ4v) is 5.25. The zero-order chi connectivity index (χ0) is 22.0. The third-order valence-corrected chi connectivity index (χ3v) is 6.83. The van der Waals surface area contributed by atoms with Gasteiger partial charge < -0.3 is 5.73 Å². The number of hydrogen-bond donors (Lipinski definition) is 1. The number of carbonyl (C=O) groups excluding carboxylic acids is 1. The highest BCUT2D eigenvalue weighted by Gasteiger charge is 2.17. The normalized spacial score (nSPS) is 11.0. The Hall–Kier alpha value is -3.16. The Morgan fingerprint density at radius 1 is 1.26 bits per heavy atom. The van der Waals surface area contributed by atoms with E-state index in [0.29, 0.717) is 33.2 Å². The first-order valence-corrected chi connectivity index (χ1v) is 11.6. The van der Waals surface area contributed by atoms with E-state index in [1.807, 2.05) is 42.6 Å². The number of carbonyl (C=O) groups is 1. The maximum Gasteiger partial charge on any atom is 0.263 e. The molecule has 2 heterocycles. The molecule has 0 saturated carbocycles. The molecule has 0 unspecified atom stereocenters. The first-order chi connectivity index (χ1) is 15.0. The van der Waals surface area contributed by atoms with Crippen LogP contribution in [0.1, 0.15) is 21.5 Å². The summed E-state index contributed by atoms with van der Waals surface area (Å²) < 4.78 is 1.66. The molecule has 1 amide bonds. The summed E-state index contributed by atoms with van der Waals surface area (Å²) >= 11 is 2.93. The molecule has 2 aromatic heterocycles. The number of rotatable bonds is 7. The molecule has 2 aromatic carbocycles. The number of primary amides is 1. The van der Waals surface area contributed by atoms with Gasteiger partial charge in [0.05, 0.1) is 5.39 Å². The van der Waals surface area contributed by atoms with Crippen LogP contribution in [0.4, 0.5) is 0 Å². The minimum absolute atomic E-state index is 0.0740. The van der Waals surface area contributed by atoms with Gasteiger partial charge in [0.2, 0.25) is 5.91 Å². The van der Waals surface area contributed by atoms with Crippen LogP contribution >= 0.6 is 23.1 Å². The summed E-state index contributed by atoms with van der Waals surface area (Å²) in [6, 6.07) is 15.3. The molecule has 2 N–H and O–H groups in total. The summed E-state index contributed by atoms with van der Waals surface area (Å²) in [6.07, 6.45) is 1.70. The number of allylic oxidation sites excluding steroid dienone is 1. The summed E-state index contributed by atoms with van der Waals surface area (Å²) in [5, 5.41) is 3.25. The van der Waals surface area contributed by atoms with Crippen LogP contribution in [0.5, 0.6) is 0 Å². The summed E-state index contributed by atoms with van der Waals surface area (Å²) in [4.78, 5) is 30.4. The van der Waals surface area contributed by atoms with Crippen molar-refractivity contribution in [2.75, 3.05) is 0 Å². The minimum Gasteiger partial charge on any atom is -0.366 e. The van der Waals surface area contributed by atoms with Gasteiger partial charge in [-0.2, -0.15) is 0 Å².